The first-order valence-corrected chi connectivity index (χ1v) is 4.02. The molecule has 0 radical (unpaired) electrons. The van der Waals surface area contributed by atoms with E-state index in [0.717, 1.165) is 0 Å². The number of hydrogen-bond acceptors (Lipinski definition) is 3. The average molecular weight is 177 g/mol. The standard InChI is InChI=1S/C10H11NO2/c1-8(12)9-4-2-3-5-10(9)13-7-6-11/h2-5,8,12H,7H2,1H3. The van der Waals surface area contributed by atoms with E-state index >= 15 is 0 Å². The van der Waals surface area contributed by atoms with Gasteiger partial charge in [0.25, 0.3) is 0 Å². The smallest absolute Gasteiger partial charge is 0.174 e. The molecule has 0 aromatic heterocycles. The Morgan fingerprint density at radius 2 is 2.23 bits per heavy atom. The average Bonchev–Trinajstić information content (AvgIpc) is 2.15. The summed E-state index contributed by atoms with van der Waals surface area (Å²) in [5.74, 6) is 0.569. The van der Waals surface area contributed by atoms with Crippen LogP contribution in [0.5, 0.6) is 5.75 Å². The molecule has 0 bridgehead atoms. The second-order valence-corrected chi connectivity index (χ2v) is 2.66. The van der Waals surface area contributed by atoms with Crippen molar-refractivity contribution in [2.75, 3.05) is 6.61 Å². The Bertz CT molecular complexity index is 315. The maximum Gasteiger partial charge on any atom is 0.174 e. The van der Waals surface area contributed by atoms with E-state index in [1.807, 2.05) is 12.1 Å². The highest BCUT2D eigenvalue weighted by Gasteiger charge is 2.07. The van der Waals surface area contributed by atoms with Gasteiger partial charge in [0.1, 0.15) is 11.8 Å². The van der Waals surface area contributed by atoms with Crippen LogP contribution in [0.3, 0.4) is 0 Å². The molecule has 1 N–H and O–H groups in total. The van der Waals surface area contributed by atoms with Crippen molar-refractivity contribution in [3.05, 3.63) is 29.8 Å². The molecule has 13 heavy (non-hydrogen) atoms. The molecule has 1 unspecified atom stereocenters. The van der Waals surface area contributed by atoms with Crippen molar-refractivity contribution in [1.29, 1.82) is 5.26 Å². The summed E-state index contributed by atoms with van der Waals surface area (Å²) in [6, 6.07) is 9.01. The molecule has 1 aromatic rings. The molecule has 3 heteroatoms. The molecule has 1 rings (SSSR count). The molecule has 68 valence electrons. The van der Waals surface area contributed by atoms with Crippen LogP contribution in [-0.4, -0.2) is 11.7 Å². The van der Waals surface area contributed by atoms with E-state index in [9.17, 15) is 5.11 Å². The number of benzene rings is 1. The molecule has 0 fully saturated rings. The number of aliphatic hydroxyl groups excluding tert-OH is 1. The number of para-hydroxylation sites is 1. The fraction of sp³-hybridized carbons (Fsp3) is 0.300. The molecular formula is C10H11NO2. The van der Waals surface area contributed by atoms with Gasteiger partial charge in [-0.1, -0.05) is 18.2 Å². The lowest BCUT2D eigenvalue weighted by atomic mass is 10.1. The summed E-state index contributed by atoms with van der Waals surface area (Å²) in [6.45, 7) is 1.66. The number of hydrogen-bond donors (Lipinski definition) is 1. The zero-order valence-electron chi connectivity index (χ0n) is 7.40. The molecule has 1 aromatic carbocycles. The predicted octanol–water partition coefficient (Wildman–Crippen LogP) is 1.64. The van der Waals surface area contributed by atoms with Gasteiger partial charge in [0.15, 0.2) is 6.61 Å². The van der Waals surface area contributed by atoms with Crippen LogP contribution in [0.2, 0.25) is 0 Å². The molecule has 0 heterocycles. The zero-order chi connectivity index (χ0) is 9.68. The minimum atomic E-state index is -0.574. The highest BCUT2D eigenvalue weighted by molar-refractivity contribution is 5.34. The van der Waals surface area contributed by atoms with Gasteiger partial charge in [-0.15, -0.1) is 0 Å². The molecular weight excluding hydrogens is 166 g/mol. The summed E-state index contributed by atoms with van der Waals surface area (Å²) in [4.78, 5) is 0. The number of nitriles is 1. The topological polar surface area (TPSA) is 53.2 Å². The zero-order valence-corrected chi connectivity index (χ0v) is 7.40. The van der Waals surface area contributed by atoms with E-state index in [0.29, 0.717) is 11.3 Å². The van der Waals surface area contributed by atoms with Crippen molar-refractivity contribution in [2.45, 2.75) is 13.0 Å². The number of aliphatic hydroxyl groups is 1. The normalized spacial score (nSPS) is 11.8. The minimum absolute atomic E-state index is 0.00370. The van der Waals surface area contributed by atoms with E-state index in [2.05, 4.69) is 0 Å². The van der Waals surface area contributed by atoms with Crippen LogP contribution in [0.1, 0.15) is 18.6 Å². The second-order valence-electron chi connectivity index (χ2n) is 2.66. The minimum Gasteiger partial charge on any atom is -0.478 e. The summed E-state index contributed by atoms with van der Waals surface area (Å²) in [6.07, 6.45) is -0.574. The fourth-order valence-electron chi connectivity index (χ4n) is 1.07. The number of ether oxygens (including phenoxy) is 1. The van der Waals surface area contributed by atoms with Crippen molar-refractivity contribution in [2.24, 2.45) is 0 Å². The molecule has 0 saturated carbocycles. The first kappa shape index (κ1) is 9.56. The molecule has 0 spiro atoms. The molecule has 0 saturated heterocycles. The Morgan fingerprint density at radius 3 is 2.85 bits per heavy atom. The first-order valence-electron chi connectivity index (χ1n) is 4.02. The van der Waals surface area contributed by atoms with Crippen molar-refractivity contribution in [1.82, 2.24) is 0 Å². The number of rotatable bonds is 3. The van der Waals surface area contributed by atoms with Crippen LogP contribution in [0.4, 0.5) is 0 Å². The first-order chi connectivity index (χ1) is 6.25. The SMILES string of the molecule is CC(O)c1ccccc1OCC#N. The molecule has 0 amide bonds. The van der Waals surface area contributed by atoms with Crippen LogP contribution in [-0.2, 0) is 0 Å². The van der Waals surface area contributed by atoms with Gasteiger partial charge < -0.3 is 9.84 Å². The summed E-state index contributed by atoms with van der Waals surface area (Å²) < 4.78 is 5.13. The van der Waals surface area contributed by atoms with E-state index in [4.69, 9.17) is 10.00 Å². The third-order valence-electron chi connectivity index (χ3n) is 1.66. The lowest BCUT2D eigenvalue weighted by Gasteiger charge is -2.10. The van der Waals surface area contributed by atoms with Gasteiger partial charge >= 0.3 is 0 Å². The van der Waals surface area contributed by atoms with Crippen LogP contribution >= 0.6 is 0 Å². The van der Waals surface area contributed by atoms with Gasteiger partial charge in [-0.2, -0.15) is 5.26 Å². The summed E-state index contributed by atoms with van der Waals surface area (Å²) in [5, 5.41) is 17.7. The largest absolute Gasteiger partial charge is 0.478 e. The van der Waals surface area contributed by atoms with Gasteiger partial charge in [0, 0.05) is 5.56 Å². The second kappa shape index (κ2) is 4.48. The third kappa shape index (κ3) is 2.46. The van der Waals surface area contributed by atoms with Gasteiger partial charge in [-0.25, -0.2) is 0 Å². The maximum atomic E-state index is 9.34. The van der Waals surface area contributed by atoms with Crippen molar-refractivity contribution < 1.29 is 9.84 Å². The van der Waals surface area contributed by atoms with Gasteiger partial charge in [-0.3, -0.25) is 0 Å². The van der Waals surface area contributed by atoms with E-state index in [1.54, 1.807) is 25.1 Å². The van der Waals surface area contributed by atoms with Crippen LogP contribution in [0.25, 0.3) is 0 Å². The van der Waals surface area contributed by atoms with E-state index in [-0.39, 0.29) is 6.61 Å². The van der Waals surface area contributed by atoms with Gasteiger partial charge in [-0.05, 0) is 13.0 Å². The highest BCUT2D eigenvalue weighted by atomic mass is 16.5. The van der Waals surface area contributed by atoms with Crippen molar-refractivity contribution in [3.63, 3.8) is 0 Å². The quantitative estimate of drug-likeness (QED) is 0.763. The predicted molar refractivity (Wildman–Crippen MR) is 48.2 cm³/mol. The molecule has 0 aliphatic heterocycles. The highest BCUT2D eigenvalue weighted by Crippen LogP contribution is 2.24. The van der Waals surface area contributed by atoms with E-state index in [1.165, 1.54) is 0 Å². The summed E-state index contributed by atoms with van der Waals surface area (Å²) in [7, 11) is 0. The third-order valence-corrected chi connectivity index (χ3v) is 1.66. The van der Waals surface area contributed by atoms with Crippen LogP contribution < -0.4 is 4.74 Å². The van der Waals surface area contributed by atoms with Gasteiger partial charge in [0.2, 0.25) is 0 Å². The lowest BCUT2D eigenvalue weighted by Crippen LogP contribution is -1.99. The fourth-order valence-corrected chi connectivity index (χ4v) is 1.07. The van der Waals surface area contributed by atoms with Crippen molar-refractivity contribution in [3.8, 4) is 11.8 Å². The van der Waals surface area contributed by atoms with Crippen LogP contribution in [0.15, 0.2) is 24.3 Å². The van der Waals surface area contributed by atoms with Crippen molar-refractivity contribution >= 4 is 0 Å². The molecule has 0 aliphatic rings. The molecule has 0 aliphatic carbocycles. The summed E-state index contributed by atoms with van der Waals surface area (Å²) >= 11 is 0. The monoisotopic (exact) mass is 177 g/mol. The van der Waals surface area contributed by atoms with Gasteiger partial charge in [0.05, 0.1) is 6.10 Å². The molecule has 3 nitrogen and oxygen atoms in total. The Balaban J connectivity index is 2.86. The lowest BCUT2D eigenvalue weighted by molar-refractivity contribution is 0.193. The Kier molecular flexibility index (Phi) is 3.30. The van der Waals surface area contributed by atoms with Crippen LogP contribution in [0, 0.1) is 11.3 Å². The Labute approximate surface area is 77.2 Å². The van der Waals surface area contributed by atoms with E-state index < -0.39 is 6.10 Å². The maximum absolute atomic E-state index is 9.34. The summed E-state index contributed by atoms with van der Waals surface area (Å²) in [5.41, 5.74) is 0.706. The Hall–Kier alpha value is -1.53. The Morgan fingerprint density at radius 1 is 1.54 bits per heavy atom. The molecule has 1 atom stereocenters. The number of nitrogens with zero attached hydrogens (tertiary/aromatic N) is 1.